The van der Waals surface area contributed by atoms with Crippen LogP contribution in [-0.4, -0.2) is 31.8 Å². The molecule has 1 aliphatic carbocycles. The fourth-order valence-electron chi connectivity index (χ4n) is 2.53. The van der Waals surface area contributed by atoms with Gasteiger partial charge in [0.1, 0.15) is 0 Å². The smallest absolute Gasteiger partial charge is 0.323 e. The van der Waals surface area contributed by atoms with E-state index in [9.17, 15) is 9.59 Å². The van der Waals surface area contributed by atoms with Crippen LogP contribution in [0.3, 0.4) is 0 Å². The quantitative estimate of drug-likeness (QED) is 0.545. The maximum Gasteiger partial charge on any atom is 0.323 e. The van der Waals surface area contributed by atoms with E-state index >= 15 is 0 Å². The Bertz CT molecular complexity index is 493. The van der Waals surface area contributed by atoms with Gasteiger partial charge in [-0.1, -0.05) is 30.3 Å². The van der Waals surface area contributed by atoms with Gasteiger partial charge in [-0.3, -0.25) is 9.59 Å². The Morgan fingerprint density at radius 1 is 1.09 bits per heavy atom. The third-order valence-electron chi connectivity index (χ3n) is 3.82. The zero-order valence-corrected chi connectivity index (χ0v) is 13.0. The third kappa shape index (κ3) is 3.47. The van der Waals surface area contributed by atoms with Crippen molar-refractivity contribution in [2.45, 2.75) is 26.9 Å². The third-order valence-corrected chi connectivity index (χ3v) is 3.82. The van der Waals surface area contributed by atoms with Crippen LogP contribution in [0.1, 0.15) is 25.8 Å². The molecule has 0 amide bonds. The highest BCUT2D eigenvalue weighted by atomic mass is 16.6. The average molecular weight is 306 g/mol. The van der Waals surface area contributed by atoms with Crippen LogP contribution in [0, 0.1) is 11.3 Å². The molecule has 0 spiro atoms. The number of rotatable bonds is 8. The van der Waals surface area contributed by atoms with E-state index in [0.717, 1.165) is 5.56 Å². The largest absolute Gasteiger partial charge is 0.465 e. The van der Waals surface area contributed by atoms with E-state index in [1.54, 1.807) is 13.8 Å². The van der Waals surface area contributed by atoms with Crippen molar-refractivity contribution in [3.05, 3.63) is 35.9 Å². The predicted octanol–water partition coefficient (Wildman–Crippen LogP) is 2.34. The van der Waals surface area contributed by atoms with E-state index in [2.05, 4.69) is 0 Å². The molecule has 0 heterocycles. The summed E-state index contributed by atoms with van der Waals surface area (Å²) in [7, 11) is 0. The first kappa shape index (κ1) is 16.5. The van der Waals surface area contributed by atoms with E-state index < -0.39 is 17.4 Å². The lowest BCUT2D eigenvalue weighted by Crippen LogP contribution is -2.32. The second-order valence-electron chi connectivity index (χ2n) is 5.31. The summed E-state index contributed by atoms with van der Waals surface area (Å²) in [5.74, 6) is -1.17. The molecule has 1 aromatic carbocycles. The minimum absolute atomic E-state index is 0.172. The normalized spacial score (nSPS) is 18.5. The Kier molecular flexibility index (Phi) is 5.55. The molecule has 1 atom stereocenters. The second kappa shape index (κ2) is 7.40. The molecule has 1 saturated carbocycles. The van der Waals surface area contributed by atoms with Gasteiger partial charge in [0, 0.05) is 5.92 Å². The summed E-state index contributed by atoms with van der Waals surface area (Å²) >= 11 is 0. The molecule has 1 aromatic rings. The van der Waals surface area contributed by atoms with Gasteiger partial charge in [-0.25, -0.2) is 0 Å². The van der Waals surface area contributed by atoms with Gasteiger partial charge in [0.25, 0.3) is 0 Å². The van der Waals surface area contributed by atoms with Gasteiger partial charge in [0.05, 0.1) is 26.4 Å². The molecule has 0 aliphatic heterocycles. The Morgan fingerprint density at radius 3 is 2.23 bits per heavy atom. The van der Waals surface area contributed by atoms with Crippen molar-refractivity contribution in [2.75, 3.05) is 19.8 Å². The SMILES string of the molecule is CCOC(=O)C1(C(=O)OCC)C[C@@H]1COCc1ccccc1. The van der Waals surface area contributed by atoms with Crippen LogP contribution < -0.4 is 0 Å². The van der Waals surface area contributed by atoms with Crippen LogP contribution in [-0.2, 0) is 30.4 Å². The van der Waals surface area contributed by atoms with Crippen LogP contribution in [0.15, 0.2) is 30.3 Å². The first-order valence-electron chi connectivity index (χ1n) is 7.61. The van der Waals surface area contributed by atoms with Gasteiger partial charge in [0.2, 0.25) is 0 Å². The predicted molar refractivity (Wildman–Crippen MR) is 79.9 cm³/mol. The first-order valence-corrected chi connectivity index (χ1v) is 7.61. The molecule has 1 aliphatic rings. The Hall–Kier alpha value is -1.88. The molecule has 0 N–H and O–H groups in total. The van der Waals surface area contributed by atoms with Crippen LogP contribution >= 0.6 is 0 Å². The van der Waals surface area contributed by atoms with Crippen LogP contribution in [0.5, 0.6) is 0 Å². The lowest BCUT2D eigenvalue weighted by Gasteiger charge is -2.14. The number of hydrogen-bond donors (Lipinski definition) is 0. The van der Waals surface area contributed by atoms with Gasteiger partial charge < -0.3 is 14.2 Å². The molecule has 5 heteroatoms. The molecular formula is C17H22O5. The molecule has 0 unspecified atom stereocenters. The number of esters is 2. The monoisotopic (exact) mass is 306 g/mol. The van der Waals surface area contributed by atoms with Crippen molar-refractivity contribution in [2.24, 2.45) is 11.3 Å². The van der Waals surface area contributed by atoms with Gasteiger partial charge in [0.15, 0.2) is 5.41 Å². The highest BCUT2D eigenvalue weighted by Crippen LogP contribution is 2.54. The summed E-state index contributed by atoms with van der Waals surface area (Å²) in [6.45, 7) is 4.74. The molecular weight excluding hydrogens is 284 g/mol. The summed E-state index contributed by atoms with van der Waals surface area (Å²) in [5, 5.41) is 0. The standard InChI is InChI=1S/C17H22O5/c1-3-21-15(18)17(16(19)22-4-2)10-14(17)12-20-11-13-8-6-5-7-9-13/h5-9,14H,3-4,10-12H2,1-2H3/t14-/m1/s1. The molecule has 0 bridgehead atoms. The molecule has 1 fully saturated rings. The number of benzene rings is 1. The maximum absolute atomic E-state index is 12.1. The van der Waals surface area contributed by atoms with Gasteiger partial charge in [-0.15, -0.1) is 0 Å². The Labute approximate surface area is 130 Å². The number of carbonyl (C=O) groups excluding carboxylic acids is 2. The topological polar surface area (TPSA) is 61.8 Å². The van der Waals surface area contributed by atoms with Crippen molar-refractivity contribution < 1.29 is 23.8 Å². The van der Waals surface area contributed by atoms with Crippen LogP contribution in [0.2, 0.25) is 0 Å². The number of ether oxygens (including phenoxy) is 3. The van der Waals surface area contributed by atoms with Crippen molar-refractivity contribution >= 4 is 11.9 Å². The summed E-state index contributed by atoms with van der Waals surface area (Å²) in [6, 6.07) is 9.76. The fraction of sp³-hybridized carbons (Fsp3) is 0.529. The molecule has 0 saturated heterocycles. The van der Waals surface area contributed by atoms with Crippen molar-refractivity contribution in [1.29, 1.82) is 0 Å². The Balaban J connectivity index is 1.91. The lowest BCUT2D eigenvalue weighted by atomic mass is 10.0. The molecule has 5 nitrogen and oxygen atoms in total. The minimum atomic E-state index is -1.16. The highest BCUT2D eigenvalue weighted by molar-refractivity contribution is 6.03. The molecule has 0 aromatic heterocycles. The summed E-state index contributed by atoms with van der Waals surface area (Å²) in [5.41, 5.74) is -0.107. The molecule has 120 valence electrons. The van der Waals surface area contributed by atoms with E-state index in [-0.39, 0.29) is 19.1 Å². The van der Waals surface area contributed by atoms with Crippen molar-refractivity contribution in [3.8, 4) is 0 Å². The van der Waals surface area contributed by atoms with Crippen molar-refractivity contribution in [1.82, 2.24) is 0 Å². The summed E-state index contributed by atoms with van der Waals surface area (Å²) < 4.78 is 15.7. The van der Waals surface area contributed by atoms with Gasteiger partial charge >= 0.3 is 11.9 Å². The van der Waals surface area contributed by atoms with Gasteiger partial charge in [-0.05, 0) is 25.8 Å². The van der Waals surface area contributed by atoms with E-state index in [1.807, 2.05) is 30.3 Å². The van der Waals surface area contributed by atoms with E-state index in [1.165, 1.54) is 0 Å². The fourth-order valence-corrected chi connectivity index (χ4v) is 2.53. The second-order valence-corrected chi connectivity index (χ2v) is 5.31. The summed E-state index contributed by atoms with van der Waals surface area (Å²) in [6.07, 6.45) is 0.430. The number of hydrogen-bond acceptors (Lipinski definition) is 5. The minimum Gasteiger partial charge on any atom is -0.465 e. The maximum atomic E-state index is 12.1. The first-order chi connectivity index (χ1) is 10.6. The Morgan fingerprint density at radius 2 is 1.68 bits per heavy atom. The average Bonchev–Trinajstić information content (AvgIpc) is 3.25. The van der Waals surface area contributed by atoms with Crippen LogP contribution in [0.4, 0.5) is 0 Å². The van der Waals surface area contributed by atoms with E-state index in [0.29, 0.717) is 19.6 Å². The number of carbonyl (C=O) groups is 2. The lowest BCUT2D eigenvalue weighted by molar-refractivity contribution is -0.165. The van der Waals surface area contributed by atoms with Gasteiger partial charge in [-0.2, -0.15) is 0 Å². The highest BCUT2D eigenvalue weighted by Gasteiger charge is 2.68. The van der Waals surface area contributed by atoms with Crippen molar-refractivity contribution in [3.63, 3.8) is 0 Å². The molecule has 0 radical (unpaired) electrons. The molecule has 2 rings (SSSR count). The van der Waals surface area contributed by atoms with E-state index in [4.69, 9.17) is 14.2 Å². The molecule has 22 heavy (non-hydrogen) atoms. The zero-order valence-electron chi connectivity index (χ0n) is 13.0. The zero-order chi connectivity index (χ0) is 16.0. The summed E-state index contributed by atoms with van der Waals surface area (Å²) in [4.78, 5) is 24.2. The van der Waals surface area contributed by atoms with Crippen LogP contribution in [0.25, 0.3) is 0 Å².